The van der Waals surface area contributed by atoms with Gasteiger partial charge in [0.05, 0.1) is 0 Å². The SMILES string of the molecule is Cc1ccc([C@H]2Nc3ccccc3C[C@@H]2[N+](=O)[O-])cc1. The predicted molar refractivity (Wildman–Crippen MR) is 78.5 cm³/mol. The van der Waals surface area contributed by atoms with Gasteiger partial charge >= 0.3 is 0 Å². The number of hydrogen-bond acceptors (Lipinski definition) is 3. The number of benzene rings is 2. The Kier molecular flexibility index (Phi) is 3.14. The lowest BCUT2D eigenvalue weighted by molar-refractivity contribution is -0.525. The van der Waals surface area contributed by atoms with E-state index in [0.29, 0.717) is 6.42 Å². The molecule has 4 nitrogen and oxygen atoms in total. The first-order valence-electron chi connectivity index (χ1n) is 6.69. The van der Waals surface area contributed by atoms with Gasteiger partial charge in [-0.3, -0.25) is 10.1 Å². The Morgan fingerprint density at radius 1 is 1.15 bits per heavy atom. The number of para-hydroxylation sites is 1. The summed E-state index contributed by atoms with van der Waals surface area (Å²) in [6.45, 7) is 2.01. The fraction of sp³-hybridized carbons (Fsp3) is 0.250. The van der Waals surface area contributed by atoms with Crippen LogP contribution in [0.1, 0.15) is 22.7 Å². The van der Waals surface area contributed by atoms with Crippen LogP contribution in [0, 0.1) is 17.0 Å². The minimum absolute atomic E-state index is 0.173. The normalized spacial score (nSPS) is 20.9. The molecule has 0 saturated heterocycles. The maximum atomic E-state index is 11.4. The van der Waals surface area contributed by atoms with Gasteiger partial charge in [0.1, 0.15) is 6.04 Å². The summed E-state index contributed by atoms with van der Waals surface area (Å²) >= 11 is 0. The second-order valence-corrected chi connectivity index (χ2v) is 5.25. The number of nitrogens with zero attached hydrogens (tertiary/aromatic N) is 1. The van der Waals surface area contributed by atoms with Crippen molar-refractivity contribution in [2.75, 3.05) is 5.32 Å². The first-order chi connectivity index (χ1) is 9.65. The lowest BCUT2D eigenvalue weighted by atomic mass is 9.89. The molecule has 102 valence electrons. The van der Waals surface area contributed by atoms with E-state index in [0.717, 1.165) is 22.4 Å². The Labute approximate surface area is 117 Å². The number of nitro groups is 1. The Hall–Kier alpha value is -2.36. The summed E-state index contributed by atoms with van der Waals surface area (Å²) in [6, 6.07) is 14.8. The van der Waals surface area contributed by atoms with Crippen LogP contribution in [0.5, 0.6) is 0 Å². The van der Waals surface area contributed by atoms with Crippen molar-refractivity contribution in [1.29, 1.82) is 0 Å². The highest BCUT2D eigenvalue weighted by molar-refractivity contribution is 5.55. The minimum Gasteiger partial charge on any atom is -0.372 e. The molecule has 2 atom stereocenters. The average Bonchev–Trinajstić information content (AvgIpc) is 2.46. The zero-order chi connectivity index (χ0) is 14.1. The Balaban J connectivity index is 2.00. The van der Waals surface area contributed by atoms with Gasteiger partial charge in [-0.2, -0.15) is 0 Å². The van der Waals surface area contributed by atoms with E-state index in [-0.39, 0.29) is 11.0 Å². The number of hydrogen-bond donors (Lipinski definition) is 1. The van der Waals surface area contributed by atoms with E-state index < -0.39 is 6.04 Å². The van der Waals surface area contributed by atoms with Crippen molar-refractivity contribution >= 4 is 5.69 Å². The summed E-state index contributed by atoms with van der Waals surface area (Å²) < 4.78 is 0. The van der Waals surface area contributed by atoms with Crippen molar-refractivity contribution < 1.29 is 4.92 Å². The van der Waals surface area contributed by atoms with Crippen LogP contribution < -0.4 is 5.32 Å². The molecule has 0 amide bonds. The van der Waals surface area contributed by atoms with Gasteiger partial charge in [0, 0.05) is 17.0 Å². The summed E-state index contributed by atoms with van der Waals surface area (Å²) in [5.41, 5.74) is 4.13. The van der Waals surface area contributed by atoms with E-state index in [2.05, 4.69) is 5.32 Å². The van der Waals surface area contributed by atoms with Gasteiger partial charge in [-0.1, -0.05) is 48.0 Å². The summed E-state index contributed by atoms with van der Waals surface area (Å²) in [5.74, 6) is 0. The van der Waals surface area contributed by atoms with Gasteiger partial charge in [-0.05, 0) is 24.1 Å². The molecule has 0 spiro atoms. The van der Waals surface area contributed by atoms with Crippen LogP contribution in [-0.2, 0) is 6.42 Å². The lowest BCUT2D eigenvalue weighted by Gasteiger charge is -2.30. The highest BCUT2D eigenvalue weighted by Gasteiger charge is 2.37. The third-order valence-electron chi connectivity index (χ3n) is 3.85. The van der Waals surface area contributed by atoms with Crippen LogP contribution in [0.3, 0.4) is 0 Å². The molecule has 0 bridgehead atoms. The van der Waals surface area contributed by atoms with Crippen LogP contribution in [0.25, 0.3) is 0 Å². The fourth-order valence-electron chi connectivity index (χ4n) is 2.72. The molecule has 2 aromatic carbocycles. The Morgan fingerprint density at radius 2 is 1.85 bits per heavy atom. The van der Waals surface area contributed by atoms with Crippen molar-refractivity contribution in [2.45, 2.75) is 25.4 Å². The first-order valence-corrected chi connectivity index (χ1v) is 6.69. The molecule has 3 rings (SSSR count). The lowest BCUT2D eigenvalue weighted by Crippen LogP contribution is -2.38. The number of anilines is 1. The predicted octanol–water partition coefficient (Wildman–Crippen LogP) is 3.35. The smallest absolute Gasteiger partial charge is 0.241 e. The van der Waals surface area contributed by atoms with Crippen LogP contribution in [-0.4, -0.2) is 11.0 Å². The van der Waals surface area contributed by atoms with Crippen LogP contribution >= 0.6 is 0 Å². The number of nitrogens with one attached hydrogen (secondary N) is 1. The highest BCUT2D eigenvalue weighted by atomic mass is 16.6. The van der Waals surface area contributed by atoms with Gasteiger partial charge in [0.15, 0.2) is 0 Å². The van der Waals surface area contributed by atoms with Crippen molar-refractivity contribution in [1.82, 2.24) is 0 Å². The Bertz CT molecular complexity index is 637. The molecule has 1 aliphatic rings. The quantitative estimate of drug-likeness (QED) is 0.671. The van der Waals surface area contributed by atoms with Crippen LogP contribution in [0.4, 0.5) is 5.69 Å². The maximum absolute atomic E-state index is 11.4. The molecular formula is C16H16N2O2. The molecule has 1 heterocycles. The molecule has 1 N–H and O–H groups in total. The summed E-state index contributed by atoms with van der Waals surface area (Å²) in [7, 11) is 0. The molecule has 0 fully saturated rings. The zero-order valence-electron chi connectivity index (χ0n) is 11.2. The zero-order valence-corrected chi connectivity index (χ0v) is 11.2. The fourth-order valence-corrected chi connectivity index (χ4v) is 2.72. The number of rotatable bonds is 2. The Morgan fingerprint density at radius 3 is 2.55 bits per heavy atom. The second kappa shape index (κ2) is 4.96. The van der Waals surface area contributed by atoms with E-state index >= 15 is 0 Å². The average molecular weight is 268 g/mol. The molecular weight excluding hydrogens is 252 g/mol. The van der Waals surface area contributed by atoms with Crippen LogP contribution in [0.15, 0.2) is 48.5 Å². The maximum Gasteiger partial charge on any atom is 0.241 e. The molecule has 1 aliphatic heterocycles. The van der Waals surface area contributed by atoms with Gasteiger partial charge in [-0.25, -0.2) is 0 Å². The molecule has 0 unspecified atom stereocenters. The largest absolute Gasteiger partial charge is 0.372 e. The van der Waals surface area contributed by atoms with E-state index in [4.69, 9.17) is 0 Å². The van der Waals surface area contributed by atoms with Gasteiger partial charge in [0.25, 0.3) is 0 Å². The third-order valence-corrected chi connectivity index (χ3v) is 3.85. The van der Waals surface area contributed by atoms with E-state index in [1.807, 2.05) is 55.5 Å². The first kappa shape index (κ1) is 12.7. The summed E-state index contributed by atoms with van der Waals surface area (Å²) in [6.07, 6.45) is 0.467. The molecule has 20 heavy (non-hydrogen) atoms. The number of fused-ring (bicyclic) bond motifs is 1. The van der Waals surface area contributed by atoms with E-state index in [1.165, 1.54) is 0 Å². The molecule has 4 heteroatoms. The number of aryl methyl sites for hydroxylation is 1. The van der Waals surface area contributed by atoms with Crippen molar-refractivity contribution in [2.24, 2.45) is 0 Å². The molecule has 2 aromatic rings. The molecule has 0 aliphatic carbocycles. The third kappa shape index (κ3) is 2.25. The monoisotopic (exact) mass is 268 g/mol. The van der Waals surface area contributed by atoms with Crippen LogP contribution in [0.2, 0.25) is 0 Å². The minimum atomic E-state index is -0.632. The summed E-state index contributed by atoms with van der Waals surface area (Å²) in [5, 5.41) is 14.7. The van der Waals surface area contributed by atoms with Gasteiger partial charge in [-0.15, -0.1) is 0 Å². The topological polar surface area (TPSA) is 55.2 Å². The van der Waals surface area contributed by atoms with Gasteiger partial charge < -0.3 is 5.32 Å². The van der Waals surface area contributed by atoms with Gasteiger partial charge in [0.2, 0.25) is 6.04 Å². The van der Waals surface area contributed by atoms with E-state index in [1.54, 1.807) is 0 Å². The standard InChI is InChI=1S/C16H16N2O2/c1-11-6-8-12(9-7-11)16-15(18(19)20)10-13-4-2-3-5-14(13)17-16/h2-9,15-17H,10H2,1H3/t15-,16+/m0/s1. The van der Waals surface area contributed by atoms with Crippen molar-refractivity contribution in [3.8, 4) is 0 Å². The molecule has 0 saturated carbocycles. The van der Waals surface area contributed by atoms with Crippen molar-refractivity contribution in [3.05, 3.63) is 75.3 Å². The van der Waals surface area contributed by atoms with E-state index in [9.17, 15) is 10.1 Å². The molecule has 0 radical (unpaired) electrons. The summed E-state index contributed by atoms with van der Waals surface area (Å²) in [4.78, 5) is 11.2. The highest BCUT2D eigenvalue weighted by Crippen LogP contribution is 2.34. The second-order valence-electron chi connectivity index (χ2n) is 5.25. The molecule has 0 aromatic heterocycles. The van der Waals surface area contributed by atoms with Crippen molar-refractivity contribution in [3.63, 3.8) is 0 Å².